The Morgan fingerprint density at radius 1 is 1.24 bits per heavy atom. The van der Waals surface area contributed by atoms with Gasteiger partial charge in [0.2, 0.25) is 5.91 Å². The van der Waals surface area contributed by atoms with Crippen LogP contribution in [0.1, 0.15) is 44.2 Å². The highest BCUT2D eigenvalue weighted by Gasteiger charge is 2.18. The molecule has 0 aliphatic carbocycles. The van der Waals surface area contributed by atoms with Crippen molar-refractivity contribution in [2.24, 2.45) is 4.99 Å². The fourth-order valence-electron chi connectivity index (χ4n) is 3.09. The van der Waals surface area contributed by atoms with Gasteiger partial charge in [0.05, 0.1) is 0 Å². The van der Waals surface area contributed by atoms with Crippen molar-refractivity contribution in [2.75, 3.05) is 33.2 Å². The van der Waals surface area contributed by atoms with Crippen LogP contribution in [-0.4, -0.2) is 54.9 Å². The van der Waals surface area contributed by atoms with Crippen molar-refractivity contribution in [3.63, 3.8) is 0 Å². The zero-order valence-electron chi connectivity index (χ0n) is 15.9. The molecule has 1 aliphatic heterocycles. The first-order valence-corrected chi connectivity index (χ1v) is 9.49. The van der Waals surface area contributed by atoms with Crippen molar-refractivity contribution >= 4 is 11.9 Å². The van der Waals surface area contributed by atoms with Gasteiger partial charge < -0.3 is 15.1 Å². The first kappa shape index (κ1) is 19.3. The van der Waals surface area contributed by atoms with Gasteiger partial charge in [0.15, 0.2) is 5.96 Å². The Kier molecular flexibility index (Phi) is 7.76. The lowest BCUT2D eigenvalue weighted by Gasteiger charge is -2.22. The van der Waals surface area contributed by atoms with E-state index in [2.05, 4.69) is 55.4 Å². The maximum atomic E-state index is 11.6. The van der Waals surface area contributed by atoms with E-state index in [1.165, 1.54) is 11.1 Å². The summed E-state index contributed by atoms with van der Waals surface area (Å²) in [4.78, 5) is 20.5. The van der Waals surface area contributed by atoms with Gasteiger partial charge in [0.25, 0.3) is 0 Å². The second-order valence-corrected chi connectivity index (χ2v) is 6.60. The molecule has 0 saturated carbocycles. The summed E-state index contributed by atoms with van der Waals surface area (Å²) in [7, 11) is 2.07. The molecule has 1 amide bonds. The van der Waals surface area contributed by atoms with Gasteiger partial charge in [-0.05, 0) is 37.3 Å². The Bertz CT molecular complexity index is 568. The highest BCUT2D eigenvalue weighted by Crippen LogP contribution is 2.10. The molecule has 0 spiro atoms. The van der Waals surface area contributed by atoms with Crippen LogP contribution in [0.4, 0.5) is 0 Å². The molecule has 1 aromatic carbocycles. The summed E-state index contributed by atoms with van der Waals surface area (Å²) in [6.45, 7) is 8.42. The third-order valence-electron chi connectivity index (χ3n) is 4.57. The highest BCUT2D eigenvalue weighted by molar-refractivity contribution is 5.79. The molecule has 1 aliphatic rings. The minimum atomic E-state index is 0.295. The van der Waals surface area contributed by atoms with Crippen LogP contribution in [0.25, 0.3) is 0 Å². The summed E-state index contributed by atoms with van der Waals surface area (Å²) >= 11 is 0. The predicted molar refractivity (Wildman–Crippen MR) is 104 cm³/mol. The van der Waals surface area contributed by atoms with Gasteiger partial charge in [0, 0.05) is 46.2 Å². The Balaban J connectivity index is 1.85. The molecular formula is C20H32N4O. The van der Waals surface area contributed by atoms with Crippen molar-refractivity contribution in [2.45, 2.75) is 46.1 Å². The molecule has 1 fully saturated rings. The van der Waals surface area contributed by atoms with E-state index in [4.69, 9.17) is 4.99 Å². The van der Waals surface area contributed by atoms with Crippen LogP contribution in [0.5, 0.6) is 0 Å². The fraction of sp³-hybridized carbons (Fsp3) is 0.600. The van der Waals surface area contributed by atoms with E-state index < -0.39 is 0 Å². The molecule has 1 heterocycles. The average molecular weight is 345 g/mol. The van der Waals surface area contributed by atoms with Crippen molar-refractivity contribution in [3.8, 4) is 0 Å². The number of hydrogen-bond donors (Lipinski definition) is 1. The minimum Gasteiger partial charge on any atom is -0.357 e. The van der Waals surface area contributed by atoms with E-state index in [1.54, 1.807) is 0 Å². The number of nitrogens with one attached hydrogen (secondary N) is 1. The minimum absolute atomic E-state index is 0.295. The van der Waals surface area contributed by atoms with Gasteiger partial charge >= 0.3 is 0 Å². The summed E-state index contributed by atoms with van der Waals surface area (Å²) in [5, 5.41) is 3.36. The van der Waals surface area contributed by atoms with Gasteiger partial charge in [0.1, 0.15) is 0 Å². The fourth-order valence-corrected chi connectivity index (χ4v) is 3.09. The molecule has 1 aromatic rings. The average Bonchev–Trinajstić information content (AvgIpc) is 3.03. The molecule has 138 valence electrons. The third-order valence-corrected chi connectivity index (χ3v) is 4.57. The molecule has 0 bridgehead atoms. The smallest absolute Gasteiger partial charge is 0.222 e. The number of likely N-dealkylation sites (tertiary alicyclic amines) is 1. The van der Waals surface area contributed by atoms with Crippen molar-refractivity contribution in [3.05, 3.63) is 35.4 Å². The predicted octanol–water partition coefficient (Wildman–Crippen LogP) is 2.66. The zero-order chi connectivity index (χ0) is 18.1. The molecule has 0 radical (unpaired) electrons. The Morgan fingerprint density at radius 2 is 1.96 bits per heavy atom. The molecule has 1 N–H and O–H groups in total. The number of aryl methyl sites for hydroxylation is 1. The molecule has 0 unspecified atom stereocenters. The summed E-state index contributed by atoms with van der Waals surface area (Å²) < 4.78 is 0. The van der Waals surface area contributed by atoms with Gasteiger partial charge in [-0.15, -0.1) is 0 Å². The maximum absolute atomic E-state index is 11.6. The van der Waals surface area contributed by atoms with Crippen LogP contribution in [0.15, 0.2) is 29.3 Å². The maximum Gasteiger partial charge on any atom is 0.222 e. The van der Waals surface area contributed by atoms with Gasteiger partial charge in [-0.1, -0.05) is 31.2 Å². The van der Waals surface area contributed by atoms with E-state index in [0.717, 1.165) is 57.9 Å². The lowest BCUT2D eigenvalue weighted by Crippen LogP contribution is -2.38. The Hall–Kier alpha value is -2.04. The molecule has 0 atom stereocenters. The monoisotopic (exact) mass is 344 g/mol. The highest BCUT2D eigenvalue weighted by atomic mass is 16.2. The molecule has 2 rings (SSSR count). The van der Waals surface area contributed by atoms with Crippen molar-refractivity contribution in [1.82, 2.24) is 15.1 Å². The molecule has 1 saturated heterocycles. The van der Waals surface area contributed by atoms with Gasteiger partial charge in [-0.25, -0.2) is 0 Å². The second kappa shape index (κ2) is 10.1. The third kappa shape index (κ3) is 6.07. The van der Waals surface area contributed by atoms with Crippen LogP contribution in [0, 0.1) is 0 Å². The number of carbonyl (C=O) groups excluding carboxylic acids is 1. The van der Waals surface area contributed by atoms with Crippen molar-refractivity contribution < 1.29 is 4.79 Å². The SMILES string of the molecule is CCNC(=NCCCN1CCCC1=O)N(C)Cc1ccc(CC)cc1. The van der Waals surface area contributed by atoms with E-state index in [0.29, 0.717) is 12.3 Å². The van der Waals surface area contributed by atoms with Crippen LogP contribution < -0.4 is 5.32 Å². The molecule has 0 aromatic heterocycles. The normalized spacial score (nSPS) is 14.9. The number of carbonyl (C=O) groups is 1. The van der Waals surface area contributed by atoms with Crippen LogP contribution >= 0.6 is 0 Å². The number of guanidine groups is 1. The summed E-state index contributed by atoms with van der Waals surface area (Å²) in [6, 6.07) is 8.77. The lowest BCUT2D eigenvalue weighted by molar-refractivity contribution is -0.127. The van der Waals surface area contributed by atoms with Crippen LogP contribution in [0.3, 0.4) is 0 Å². The van der Waals surface area contributed by atoms with Crippen molar-refractivity contribution in [1.29, 1.82) is 0 Å². The van der Waals surface area contributed by atoms with E-state index in [1.807, 2.05) is 4.90 Å². The Labute approximate surface area is 152 Å². The number of hydrogen-bond acceptors (Lipinski definition) is 2. The molecular weight excluding hydrogens is 312 g/mol. The van der Waals surface area contributed by atoms with E-state index in [-0.39, 0.29) is 0 Å². The number of benzene rings is 1. The molecule has 5 heteroatoms. The Morgan fingerprint density at radius 3 is 2.56 bits per heavy atom. The number of aliphatic imine (C=N–C) groups is 1. The molecule has 25 heavy (non-hydrogen) atoms. The number of nitrogens with zero attached hydrogens (tertiary/aromatic N) is 3. The zero-order valence-corrected chi connectivity index (χ0v) is 15.9. The van der Waals surface area contributed by atoms with Crippen LogP contribution in [0.2, 0.25) is 0 Å². The van der Waals surface area contributed by atoms with Crippen LogP contribution in [-0.2, 0) is 17.8 Å². The quantitative estimate of drug-likeness (QED) is 0.448. The second-order valence-electron chi connectivity index (χ2n) is 6.60. The summed E-state index contributed by atoms with van der Waals surface area (Å²) in [5.74, 6) is 1.22. The summed E-state index contributed by atoms with van der Waals surface area (Å²) in [6.07, 6.45) is 3.70. The summed E-state index contributed by atoms with van der Waals surface area (Å²) in [5.41, 5.74) is 2.65. The van der Waals surface area contributed by atoms with E-state index >= 15 is 0 Å². The number of amides is 1. The standard InChI is InChI=1S/C20H32N4O/c1-4-17-9-11-18(12-10-17)16-23(3)20(21-5-2)22-13-7-15-24-14-6-8-19(24)25/h9-12H,4-8,13-16H2,1-3H3,(H,21,22). The lowest BCUT2D eigenvalue weighted by atomic mass is 10.1. The first-order valence-electron chi connectivity index (χ1n) is 9.49. The first-order chi connectivity index (χ1) is 12.1. The van der Waals surface area contributed by atoms with Gasteiger partial charge in [-0.3, -0.25) is 9.79 Å². The number of rotatable bonds is 8. The van der Waals surface area contributed by atoms with Gasteiger partial charge in [-0.2, -0.15) is 0 Å². The topological polar surface area (TPSA) is 47.9 Å². The van der Waals surface area contributed by atoms with E-state index in [9.17, 15) is 4.79 Å². The largest absolute Gasteiger partial charge is 0.357 e. The molecule has 5 nitrogen and oxygen atoms in total.